The lowest BCUT2D eigenvalue weighted by atomic mass is 10.2. The molecule has 0 rings (SSSR count). The van der Waals surface area contributed by atoms with E-state index in [2.05, 4.69) is 15.4 Å². The van der Waals surface area contributed by atoms with Crippen LogP contribution in [0.25, 0.3) is 0 Å². The minimum atomic E-state index is -0.677. The normalized spacial score (nSPS) is 13.3. The number of amides is 2. The minimum Gasteiger partial charge on any atom is -0.467 e. The van der Waals surface area contributed by atoms with E-state index in [-0.39, 0.29) is 5.91 Å². The number of methoxy groups -OCH3 is 1. The highest BCUT2D eigenvalue weighted by atomic mass is 32.2. The molecule has 6 nitrogen and oxygen atoms in total. The van der Waals surface area contributed by atoms with E-state index < -0.39 is 24.0 Å². The Morgan fingerprint density at radius 1 is 1.28 bits per heavy atom. The van der Waals surface area contributed by atoms with Gasteiger partial charge in [0.25, 0.3) is 0 Å². The summed E-state index contributed by atoms with van der Waals surface area (Å²) in [4.78, 5) is 34.0. The molecule has 2 N–H and O–H groups in total. The first-order valence-corrected chi connectivity index (χ1v) is 6.96. The van der Waals surface area contributed by atoms with E-state index in [1.54, 1.807) is 18.7 Å². The molecule has 0 aromatic rings. The lowest BCUT2D eigenvalue weighted by molar-refractivity contribution is -0.145. The van der Waals surface area contributed by atoms with E-state index >= 15 is 0 Å². The van der Waals surface area contributed by atoms with Crippen LogP contribution in [0.2, 0.25) is 0 Å². The Morgan fingerprint density at radius 2 is 1.89 bits per heavy atom. The highest BCUT2D eigenvalue weighted by Gasteiger charge is 2.23. The molecule has 0 unspecified atom stereocenters. The van der Waals surface area contributed by atoms with E-state index in [4.69, 9.17) is 0 Å². The van der Waals surface area contributed by atoms with Gasteiger partial charge in [-0.05, 0) is 25.4 Å². The zero-order valence-electron chi connectivity index (χ0n) is 11.1. The van der Waals surface area contributed by atoms with Gasteiger partial charge in [0, 0.05) is 6.92 Å². The summed E-state index contributed by atoms with van der Waals surface area (Å²) in [6, 6.07) is -1.35. The van der Waals surface area contributed by atoms with E-state index in [9.17, 15) is 14.4 Å². The Bertz CT molecular complexity index is 309. The molecule has 0 aromatic carbocycles. The summed E-state index contributed by atoms with van der Waals surface area (Å²) >= 11 is 1.58. The molecule has 0 spiro atoms. The lowest BCUT2D eigenvalue weighted by Gasteiger charge is -2.19. The molecule has 0 aliphatic carbocycles. The molecule has 0 aliphatic rings. The molecule has 0 bridgehead atoms. The van der Waals surface area contributed by atoms with Gasteiger partial charge in [-0.15, -0.1) is 0 Å². The van der Waals surface area contributed by atoms with Gasteiger partial charge >= 0.3 is 5.97 Å². The summed E-state index contributed by atoms with van der Waals surface area (Å²) in [5, 5.41) is 5.02. The molecule has 0 saturated heterocycles. The molecule has 0 heterocycles. The Hall–Kier alpha value is -1.24. The van der Waals surface area contributed by atoms with Crippen molar-refractivity contribution in [3.63, 3.8) is 0 Å². The van der Waals surface area contributed by atoms with Crippen LogP contribution in [0.1, 0.15) is 20.3 Å². The third-order valence-electron chi connectivity index (χ3n) is 2.23. The fourth-order valence-corrected chi connectivity index (χ4v) is 1.77. The smallest absolute Gasteiger partial charge is 0.328 e. The largest absolute Gasteiger partial charge is 0.467 e. The molecule has 2 amide bonds. The van der Waals surface area contributed by atoms with E-state index in [1.807, 2.05) is 6.26 Å². The minimum absolute atomic E-state index is 0.295. The van der Waals surface area contributed by atoms with Crippen molar-refractivity contribution in [2.45, 2.75) is 32.4 Å². The number of thioether (sulfide) groups is 1. The molecule has 7 heteroatoms. The maximum Gasteiger partial charge on any atom is 0.328 e. The van der Waals surface area contributed by atoms with Gasteiger partial charge in [-0.1, -0.05) is 0 Å². The fourth-order valence-electron chi connectivity index (χ4n) is 1.29. The topological polar surface area (TPSA) is 84.5 Å². The predicted octanol–water partition coefficient (Wildman–Crippen LogP) is -0.0781. The summed E-state index contributed by atoms with van der Waals surface area (Å²) in [5.41, 5.74) is 0. The summed E-state index contributed by atoms with van der Waals surface area (Å²) in [7, 11) is 1.28. The summed E-state index contributed by atoms with van der Waals surface area (Å²) in [6.45, 7) is 2.88. The van der Waals surface area contributed by atoms with Crippen LogP contribution in [0.15, 0.2) is 0 Å². The van der Waals surface area contributed by atoms with Crippen molar-refractivity contribution in [2.24, 2.45) is 0 Å². The van der Waals surface area contributed by atoms with Gasteiger partial charge in [-0.3, -0.25) is 9.59 Å². The summed E-state index contributed by atoms with van der Waals surface area (Å²) < 4.78 is 4.62. The van der Waals surface area contributed by atoms with Crippen LogP contribution in [-0.4, -0.2) is 49.0 Å². The molecule has 2 atom stereocenters. The monoisotopic (exact) mass is 276 g/mol. The van der Waals surface area contributed by atoms with Gasteiger partial charge in [-0.25, -0.2) is 4.79 Å². The molecule has 0 fully saturated rings. The number of hydrogen-bond donors (Lipinski definition) is 2. The molecular weight excluding hydrogens is 256 g/mol. The average Bonchev–Trinajstić information content (AvgIpc) is 2.32. The Labute approximate surface area is 111 Å². The first-order valence-electron chi connectivity index (χ1n) is 5.56. The molecule has 18 heavy (non-hydrogen) atoms. The number of ether oxygens (including phenoxy) is 1. The van der Waals surface area contributed by atoms with Gasteiger partial charge in [-0.2, -0.15) is 11.8 Å². The Balaban J connectivity index is 4.42. The lowest BCUT2D eigenvalue weighted by Crippen LogP contribution is -2.50. The number of esters is 1. The van der Waals surface area contributed by atoms with E-state index in [0.717, 1.165) is 5.75 Å². The number of carbonyl (C=O) groups is 3. The van der Waals surface area contributed by atoms with Crippen LogP contribution >= 0.6 is 11.8 Å². The number of hydrogen-bond acceptors (Lipinski definition) is 5. The van der Waals surface area contributed by atoms with Crippen LogP contribution in [0.5, 0.6) is 0 Å². The molecule has 0 aromatic heterocycles. The van der Waals surface area contributed by atoms with Crippen LogP contribution in [0.3, 0.4) is 0 Å². The standard InChI is InChI=1S/C11H20N2O4S/c1-7(12-8(2)14)10(15)13-9(5-6-18-4)11(16)17-3/h7,9H,5-6H2,1-4H3,(H,12,14)(H,13,15)/t7-,9-/m0/s1. The molecule has 0 aliphatic heterocycles. The van der Waals surface area contributed by atoms with Gasteiger partial charge in [0.05, 0.1) is 7.11 Å². The first-order chi connectivity index (χ1) is 8.42. The first kappa shape index (κ1) is 16.8. The molecular formula is C11H20N2O4S. The van der Waals surface area contributed by atoms with Crippen molar-refractivity contribution in [2.75, 3.05) is 19.1 Å². The molecule has 104 valence electrons. The second-order valence-corrected chi connectivity index (χ2v) is 4.77. The second-order valence-electron chi connectivity index (χ2n) is 3.79. The van der Waals surface area contributed by atoms with Crippen molar-refractivity contribution in [3.05, 3.63) is 0 Å². The van der Waals surface area contributed by atoms with E-state index in [0.29, 0.717) is 6.42 Å². The Morgan fingerprint density at radius 3 is 2.33 bits per heavy atom. The predicted molar refractivity (Wildman–Crippen MR) is 70.2 cm³/mol. The van der Waals surface area contributed by atoms with E-state index in [1.165, 1.54) is 14.0 Å². The summed E-state index contributed by atoms with van der Waals surface area (Å²) in [6.07, 6.45) is 2.41. The average molecular weight is 276 g/mol. The second kappa shape index (κ2) is 8.79. The molecule has 0 saturated carbocycles. The van der Waals surface area contributed by atoms with Crippen molar-refractivity contribution in [1.82, 2.24) is 10.6 Å². The van der Waals surface area contributed by atoms with Crippen LogP contribution in [-0.2, 0) is 19.1 Å². The maximum atomic E-state index is 11.7. The highest BCUT2D eigenvalue weighted by Crippen LogP contribution is 2.03. The number of nitrogens with one attached hydrogen (secondary N) is 2. The molecule has 0 radical (unpaired) electrons. The fraction of sp³-hybridized carbons (Fsp3) is 0.727. The zero-order valence-corrected chi connectivity index (χ0v) is 11.9. The van der Waals surface area contributed by atoms with Crippen molar-refractivity contribution in [1.29, 1.82) is 0 Å². The summed E-state index contributed by atoms with van der Waals surface area (Å²) in [5.74, 6) is -0.445. The van der Waals surface area contributed by atoms with Gasteiger partial charge in [0.2, 0.25) is 11.8 Å². The number of rotatable bonds is 7. The highest BCUT2D eigenvalue weighted by molar-refractivity contribution is 7.98. The van der Waals surface area contributed by atoms with Gasteiger partial charge in [0.15, 0.2) is 0 Å². The van der Waals surface area contributed by atoms with Crippen molar-refractivity contribution >= 4 is 29.5 Å². The SMILES string of the molecule is COC(=O)[C@H](CCSC)NC(=O)[C@H](C)NC(C)=O. The van der Waals surface area contributed by atoms with Gasteiger partial charge in [0.1, 0.15) is 12.1 Å². The number of carbonyl (C=O) groups excluding carboxylic acids is 3. The quantitative estimate of drug-likeness (QED) is 0.635. The van der Waals surface area contributed by atoms with Crippen LogP contribution in [0.4, 0.5) is 0 Å². The Kier molecular flexibility index (Phi) is 8.19. The van der Waals surface area contributed by atoms with Crippen LogP contribution in [0, 0.1) is 0 Å². The zero-order chi connectivity index (χ0) is 14.1. The third-order valence-corrected chi connectivity index (χ3v) is 2.87. The van der Waals surface area contributed by atoms with Crippen molar-refractivity contribution < 1.29 is 19.1 Å². The third kappa shape index (κ3) is 6.48. The maximum absolute atomic E-state index is 11.7. The van der Waals surface area contributed by atoms with Crippen LogP contribution < -0.4 is 10.6 Å². The van der Waals surface area contributed by atoms with Gasteiger partial charge < -0.3 is 15.4 Å². The van der Waals surface area contributed by atoms with Crippen molar-refractivity contribution in [3.8, 4) is 0 Å².